The van der Waals surface area contributed by atoms with E-state index in [9.17, 15) is 18.0 Å². The van der Waals surface area contributed by atoms with E-state index in [4.69, 9.17) is 4.74 Å². The first kappa shape index (κ1) is 19.1. The van der Waals surface area contributed by atoms with Crippen LogP contribution in [0.15, 0.2) is 29.2 Å². The molecule has 1 amide bonds. The van der Waals surface area contributed by atoms with Crippen molar-refractivity contribution >= 4 is 17.7 Å². The first-order chi connectivity index (χ1) is 11.2. The normalized spacial score (nSPS) is 16.9. The summed E-state index contributed by atoms with van der Waals surface area (Å²) in [6.45, 7) is 7.51. The molecule has 8 heteroatoms. The fraction of sp³-hybridized carbons (Fsp3) is 0.562. The summed E-state index contributed by atoms with van der Waals surface area (Å²) >= 11 is -0.193. The smallest absolute Gasteiger partial charge is 0.379 e. The molecule has 1 saturated heterocycles. The van der Waals surface area contributed by atoms with Gasteiger partial charge in [-0.3, -0.25) is 9.69 Å². The lowest BCUT2D eigenvalue weighted by molar-refractivity contribution is -0.0328. The molecule has 1 heterocycles. The lowest BCUT2D eigenvalue weighted by Gasteiger charge is -2.40. The predicted molar refractivity (Wildman–Crippen MR) is 87.2 cm³/mol. The summed E-state index contributed by atoms with van der Waals surface area (Å²) < 4.78 is 42.2. The highest BCUT2D eigenvalue weighted by atomic mass is 32.2. The molecule has 134 valence electrons. The number of carbonyl (C=O) groups excluding carboxylic acids is 1. The maximum Gasteiger partial charge on any atom is 0.446 e. The summed E-state index contributed by atoms with van der Waals surface area (Å²) in [5.74, 6) is -0.292. The molecule has 1 aliphatic heterocycles. The van der Waals surface area contributed by atoms with Gasteiger partial charge in [-0.15, -0.1) is 0 Å². The first-order valence-corrected chi connectivity index (χ1v) is 8.46. The summed E-state index contributed by atoms with van der Waals surface area (Å²) in [4.78, 5) is 14.5. The minimum Gasteiger partial charge on any atom is -0.379 e. The third-order valence-corrected chi connectivity index (χ3v) is 4.64. The van der Waals surface area contributed by atoms with E-state index in [-0.39, 0.29) is 28.1 Å². The molecule has 1 N–H and O–H groups in total. The van der Waals surface area contributed by atoms with E-state index >= 15 is 0 Å². The predicted octanol–water partition coefficient (Wildman–Crippen LogP) is 3.14. The molecule has 0 saturated carbocycles. The number of hydrogen-bond acceptors (Lipinski definition) is 4. The number of alkyl halides is 3. The van der Waals surface area contributed by atoms with Crippen molar-refractivity contribution in [2.24, 2.45) is 0 Å². The summed E-state index contributed by atoms with van der Waals surface area (Å²) in [6.07, 6.45) is 0. The molecule has 0 radical (unpaired) electrons. The van der Waals surface area contributed by atoms with Crippen LogP contribution in [0.1, 0.15) is 24.2 Å². The number of morpholine rings is 1. The highest BCUT2D eigenvalue weighted by Crippen LogP contribution is 2.36. The Kier molecular flexibility index (Phi) is 6.17. The van der Waals surface area contributed by atoms with Gasteiger partial charge in [0, 0.05) is 35.6 Å². The topological polar surface area (TPSA) is 41.6 Å². The molecule has 1 aromatic rings. The van der Waals surface area contributed by atoms with E-state index in [1.165, 1.54) is 24.3 Å². The number of rotatable bonds is 5. The van der Waals surface area contributed by atoms with Crippen LogP contribution < -0.4 is 5.32 Å². The summed E-state index contributed by atoms with van der Waals surface area (Å²) in [7, 11) is 0. The quantitative estimate of drug-likeness (QED) is 0.817. The van der Waals surface area contributed by atoms with Crippen molar-refractivity contribution in [3.8, 4) is 0 Å². The zero-order valence-corrected chi connectivity index (χ0v) is 14.5. The van der Waals surface area contributed by atoms with Gasteiger partial charge >= 0.3 is 5.51 Å². The largest absolute Gasteiger partial charge is 0.446 e. The van der Waals surface area contributed by atoms with Gasteiger partial charge in [0.05, 0.1) is 13.2 Å². The Labute approximate surface area is 143 Å². The lowest BCUT2D eigenvalue weighted by atomic mass is 10.0. The van der Waals surface area contributed by atoms with E-state index in [0.29, 0.717) is 25.3 Å². The van der Waals surface area contributed by atoms with Gasteiger partial charge in [-0.25, -0.2) is 0 Å². The van der Waals surface area contributed by atoms with E-state index in [2.05, 4.69) is 10.2 Å². The molecular formula is C16H21F3N2O2S. The average molecular weight is 362 g/mol. The molecular weight excluding hydrogens is 341 g/mol. The summed E-state index contributed by atoms with van der Waals surface area (Å²) in [5.41, 5.74) is -4.20. The van der Waals surface area contributed by atoms with Crippen LogP contribution in [0, 0.1) is 0 Å². The van der Waals surface area contributed by atoms with Crippen molar-refractivity contribution in [1.29, 1.82) is 0 Å². The van der Waals surface area contributed by atoms with Gasteiger partial charge in [0.1, 0.15) is 0 Å². The molecule has 0 spiro atoms. The monoisotopic (exact) mass is 362 g/mol. The van der Waals surface area contributed by atoms with Crippen LogP contribution >= 0.6 is 11.8 Å². The molecule has 24 heavy (non-hydrogen) atoms. The number of carbonyl (C=O) groups is 1. The number of hydrogen-bond donors (Lipinski definition) is 1. The van der Waals surface area contributed by atoms with E-state index in [1.54, 1.807) is 0 Å². The van der Waals surface area contributed by atoms with E-state index < -0.39 is 5.51 Å². The van der Waals surface area contributed by atoms with Crippen LogP contribution in [0.4, 0.5) is 13.2 Å². The Morgan fingerprint density at radius 1 is 1.21 bits per heavy atom. The van der Waals surface area contributed by atoms with Gasteiger partial charge in [-0.2, -0.15) is 13.2 Å². The Bertz CT molecular complexity index is 555. The number of thioether (sulfide) groups is 1. The van der Waals surface area contributed by atoms with Crippen molar-refractivity contribution in [3.63, 3.8) is 0 Å². The fourth-order valence-corrected chi connectivity index (χ4v) is 3.03. The second-order valence-electron chi connectivity index (χ2n) is 6.17. The molecule has 0 aliphatic carbocycles. The third kappa shape index (κ3) is 5.68. The van der Waals surface area contributed by atoms with Crippen molar-refractivity contribution < 1.29 is 22.7 Å². The van der Waals surface area contributed by atoms with Crippen LogP contribution in [-0.2, 0) is 4.74 Å². The molecule has 0 atom stereocenters. The van der Waals surface area contributed by atoms with Gasteiger partial charge < -0.3 is 10.1 Å². The molecule has 1 aliphatic rings. The second-order valence-corrected chi connectivity index (χ2v) is 7.31. The highest BCUT2D eigenvalue weighted by molar-refractivity contribution is 8.00. The number of ether oxygens (including phenoxy) is 1. The fourth-order valence-electron chi connectivity index (χ4n) is 2.49. The van der Waals surface area contributed by atoms with Crippen molar-refractivity contribution in [1.82, 2.24) is 10.2 Å². The standard InChI is InChI=1S/C16H21F3N2O2S/c1-15(2,21-7-9-23-10-8-21)11-20-14(22)12-3-5-13(6-4-12)24-16(17,18)19/h3-6H,7-11H2,1-2H3,(H,20,22). The van der Waals surface area contributed by atoms with Gasteiger partial charge in [0.2, 0.25) is 0 Å². The van der Waals surface area contributed by atoms with Crippen LogP contribution in [0.2, 0.25) is 0 Å². The second kappa shape index (κ2) is 7.76. The Hall–Kier alpha value is -1.25. The summed E-state index contributed by atoms with van der Waals surface area (Å²) in [6, 6.07) is 5.43. The molecule has 1 fully saturated rings. The van der Waals surface area contributed by atoms with Crippen molar-refractivity contribution in [2.75, 3.05) is 32.8 Å². The summed E-state index contributed by atoms with van der Waals surface area (Å²) in [5, 5.41) is 2.85. The molecule has 4 nitrogen and oxygen atoms in total. The number of halogens is 3. The van der Waals surface area contributed by atoms with Crippen LogP contribution in [0.3, 0.4) is 0 Å². The number of benzene rings is 1. The van der Waals surface area contributed by atoms with Gasteiger partial charge in [-0.05, 0) is 49.9 Å². The van der Waals surface area contributed by atoms with E-state index in [0.717, 1.165) is 13.1 Å². The molecule has 1 aromatic carbocycles. The zero-order chi connectivity index (χ0) is 17.8. The van der Waals surface area contributed by atoms with Crippen molar-refractivity contribution in [3.05, 3.63) is 29.8 Å². The zero-order valence-electron chi connectivity index (χ0n) is 13.7. The SMILES string of the molecule is CC(C)(CNC(=O)c1ccc(SC(F)(F)F)cc1)N1CCOCC1. The number of nitrogens with one attached hydrogen (secondary N) is 1. The van der Waals surface area contributed by atoms with Crippen LogP contribution in [0.25, 0.3) is 0 Å². The van der Waals surface area contributed by atoms with Crippen LogP contribution in [0.5, 0.6) is 0 Å². The minimum absolute atomic E-state index is 0.0627. The number of nitrogens with zero attached hydrogens (tertiary/aromatic N) is 1. The van der Waals surface area contributed by atoms with Crippen LogP contribution in [-0.4, -0.2) is 54.7 Å². The lowest BCUT2D eigenvalue weighted by Crippen LogP contribution is -2.55. The Balaban J connectivity index is 1.89. The van der Waals surface area contributed by atoms with Crippen molar-refractivity contribution in [2.45, 2.75) is 29.8 Å². The molecule has 0 unspecified atom stereocenters. The molecule has 2 rings (SSSR count). The van der Waals surface area contributed by atoms with E-state index in [1.807, 2.05) is 13.8 Å². The maximum atomic E-state index is 12.3. The van der Waals surface area contributed by atoms with Gasteiger partial charge in [0.25, 0.3) is 5.91 Å². The number of amides is 1. The van der Waals surface area contributed by atoms with Gasteiger partial charge in [-0.1, -0.05) is 0 Å². The Morgan fingerprint density at radius 3 is 2.33 bits per heavy atom. The first-order valence-electron chi connectivity index (χ1n) is 7.64. The molecule has 0 bridgehead atoms. The molecule has 0 aromatic heterocycles. The average Bonchev–Trinajstić information content (AvgIpc) is 2.53. The maximum absolute atomic E-state index is 12.3. The Morgan fingerprint density at radius 2 is 1.79 bits per heavy atom. The minimum atomic E-state index is -4.33. The highest BCUT2D eigenvalue weighted by Gasteiger charge is 2.30. The third-order valence-electron chi connectivity index (χ3n) is 3.90. The van der Waals surface area contributed by atoms with Gasteiger partial charge in [0.15, 0.2) is 0 Å².